The van der Waals surface area contributed by atoms with E-state index in [1.54, 1.807) is 36.4 Å². The van der Waals surface area contributed by atoms with Crippen LogP contribution in [0.4, 0.5) is 0 Å². The average molecular weight is 376 g/mol. The van der Waals surface area contributed by atoms with Gasteiger partial charge < -0.3 is 14.7 Å². The molecule has 138 valence electrons. The highest BCUT2D eigenvalue weighted by Crippen LogP contribution is 2.35. The van der Waals surface area contributed by atoms with E-state index >= 15 is 0 Å². The van der Waals surface area contributed by atoms with Crippen LogP contribution in [-0.2, 0) is 20.5 Å². The minimum atomic E-state index is -3.48. The fourth-order valence-electron chi connectivity index (χ4n) is 2.55. The second-order valence-electron chi connectivity index (χ2n) is 6.39. The number of sulfonamides is 1. The molecule has 0 amide bonds. The van der Waals surface area contributed by atoms with E-state index in [-0.39, 0.29) is 10.6 Å². The second kappa shape index (κ2) is 6.62. The van der Waals surface area contributed by atoms with Crippen LogP contribution >= 0.6 is 0 Å². The third-order valence-corrected chi connectivity index (χ3v) is 5.98. The third kappa shape index (κ3) is 3.51. The van der Waals surface area contributed by atoms with Crippen LogP contribution in [0.3, 0.4) is 0 Å². The summed E-state index contributed by atoms with van der Waals surface area (Å²) in [5.74, 6) is 1.05. The van der Waals surface area contributed by atoms with E-state index < -0.39 is 15.6 Å². The highest BCUT2D eigenvalue weighted by Gasteiger charge is 2.37. The monoisotopic (exact) mass is 376 g/mol. The van der Waals surface area contributed by atoms with Gasteiger partial charge in [-0.05, 0) is 48.9 Å². The lowest BCUT2D eigenvalue weighted by atomic mass is 9.93. The number of phenolic OH excluding ortho intramolecular Hbond substituents is 1. The molecule has 1 aliphatic rings. The second-order valence-corrected chi connectivity index (χ2v) is 8.54. The molecule has 0 fully saturated rings. The van der Waals surface area contributed by atoms with Crippen LogP contribution in [0.2, 0.25) is 0 Å². The van der Waals surface area contributed by atoms with Crippen LogP contribution in [0.25, 0.3) is 0 Å². The number of aromatic hydroxyl groups is 1. The van der Waals surface area contributed by atoms with E-state index in [1.807, 2.05) is 6.92 Å². The molecule has 0 radical (unpaired) electrons. The van der Waals surface area contributed by atoms with Gasteiger partial charge in [-0.3, -0.25) is 0 Å². The molecule has 2 aromatic rings. The molecule has 3 rings (SSSR count). The SMILES string of the molecule is CN(C)S(=O)(=O)c1ccc(OC2=NO[C@](C)(c3ccc(O)cc3)C2)cc1. The molecule has 0 aromatic heterocycles. The van der Waals surface area contributed by atoms with Gasteiger partial charge in [0.2, 0.25) is 15.9 Å². The summed E-state index contributed by atoms with van der Waals surface area (Å²) in [6.07, 6.45) is 0.412. The van der Waals surface area contributed by atoms with E-state index in [4.69, 9.17) is 9.57 Å². The van der Waals surface area contributed by atoms with Crippen LogP contribution in [0.1, 0.15) is 18.9 Å². The topological polar surface area (TPSA) is 88.4 Å². The van der Waals surface area contributed by atoms with Gasteiger partial charge in [-0.1, -0.05) is 17.3 Å². The zero-order valence-corrected chi connectivity index (χ0v) is 15.5. The number of ether oxygens (including phenoxy) is 1. The largest absolute Gasteiger partial charge is 0.508 e. The highest BCUT2D eigenvalue weighted by molar-refractivity contribution is 7.89. The van der Waals surface area contributed by atoms with Gasteiger partial charge >= 0.3 is 0 Å². The Balaban J connectivity index is 1.70. The quantitative estimate of drug-likeness (QED) is 0.886. The first kappa shape index (κ1) is 18.2. The Morgan fingerprint density at radius 3 is 2.31 bits per heavy atom. The van der Waals surface area contributed by atoms with Gasteiger partial charge in [0, 0.05) is 14.1 Å². The molecule has 0 bridgehead atoms. The first-order chi connectivity index (χ1) is 12.2. The molecule has 1 heterocycles. The highest BCUT2D eigenvalue weighted by atomic mass is 32.2. The van der Waals surface area contributed by atoms with Crippen molar-refractivity contribution in [2.75, 3.05) is 14.1 Å². The molecule has 1 aliphatic heterocycles. The van der Waals surface area contributed by atoms with Crippen molar-refractivity contribution in [3.05, 3.63) is 54.1 Å². The van der Waals surface area contributed by atoms with Crippen molar-refractivity contribution in [3.8, 4) is 11.5 Å². The minimum absolute atomic E-state index is 0.181. The molecule has 7 nitrogen and oxygen atoms in total. The van der Waals surface area contributed by atoms with E-state index in [0.29, 0.717) is 18.1 Å². The Hall–Kier alpha value is -2.58. The van der Waals surface area contributed by atoms with Crippen molar-refractivity contribution in [1.82, 2.24) is 4.31 Å². The van der Waals surface area contributed by atoms with E-state index in [2.05, 4.69) is 5.16 Å². The summed E-state index contributed by atoms with van der Waals surface area (Å²) in [5.41, 5.74) is 0.183. The fraction of sp³-hybridized carbons (Fsp3) is 0.278. The first-order valence-corrected chi connectivity index (χ1v) is 9.40. The zero-order valence-electron chi connectivity index (χ0n) is 14.7. The Kier molecular flexibility index (Phi) is 4.64. The molecule has 1 N–H and O–H groups in total. The molecule has 26 heavy (non-hydrogen) atoms. The van der Waals surface area contributed by atoms with Crippen LogP contribution < -0.4 is 4.74 Å². The molecule has 0 unspecified atom stereocenters. The van der Waals surface area contributed by atoms with Gasteiger partial charge in [-0.2, -0.15) is 0 Å². The molecule has 0 aliphatic carbocycles. The first-order valence-electron chi connectivity index (χ1n) is 7.96. The van der Waals surface area contributed by atoms with Gasteiger partial charge in [0.15, 0.2) is 5.60 Å². The third-order valence-electron chi connectivity index (χ3n) is 4.15. The molecular weight excluding hydrogens is 356 g/mol. The van der Waals surface area contributed by atoms with Gasteiger partial charge in [-0.15, -0.1) is 0 Å². The molecule has 0 saturated carbocycles. The summed E-state index contributed by atoms with van der Waals surface area (Å²) in [5, 5.41) is 13.4. The van der Waals surface area contributed by atoms with E-state index in [9.17, 15) is 13.5 Å². The van der Waals surface area contributed by atoms with Gasteiger partial charge in [0.05, 0.1) is 11.3 Å². The van der Waals surface area contributed by atoms with Crippen LogP contribution in [-0.4, -0.2) is 37.8 Å². The van der Waals surface area contributed by atoms with Crippen molar-refractivity contribution in [2.24, 2.45) is 5.16 Å². The van der Waals surface area contributed by atoms with Crippen molar-refractivity contribution in [1.29, 1.82) is 0 Å². The predicted molar refractivity (Wildman–Crippen MR) is 96.5 cm³/mol. The van der Waals surface area contributed by atoms with Crippen molar-refractivity contribution in [2.45, 2.75) is 23.8 Å². The minimum Gasteiger partial charge on any atom is -0.508 e. The Morgan fingerprint density at radius 2 is 1.73 bits per heavy atom. The lowest BCUT2D eigenvalue weighted by Gasteiger charge is -2.21. The van der Waals surface area contributed by atoms with Crippen molar-refractivity contribution < 1.29 is 23.1 Å². The van der Waals surface area contributed by atoms with E-state index in [1.165, 1.54) is 26.2 Å². The number of rotatable bonds is 4. The number of phenols is 1. The lowest BCUT2D eigenvalue weighted by Crippen LogP contribution is -2.23. The Morgan fingerprint density at radius 1 is 1.12 bits per heavy atom. The van der Waals surface area contributed by atoms with Crippen LogP contribution in [0.5, 0.6) is 11.5 Å². The fourth-order valence-corrected chi connectivity index (χ4v) is 3.46. The maximum absolute atomic E-state index is 12.1. The average Bonchev–Trinajstić information content (AvgIpc) is 2.98. The summed E-state index contributed by atoms with van der Waals surface area (Å²) in [7, 11) is -0.515. The summed E-state index contributed by atoms with van der Waals surface area (Å²) < 4.78 is 31.0. The summed E-state index contributed by atoms with van der Waals surface area (Å²) in [4.78, 5) is 5.73. The van der Waals surface area contributed by atoms with Gasteiger partial charge in [0.25, 0.3) is 0 Å². The normalized spacial score (nSPS) is 19.9. The van der Waals surface area contributed by atoms with Crippen molar-refractivity contribution in [3.63, 3.8) is 0 Å². The molecule has 1 atom stereocenters. The smallest absolute Gasteiger partial charge is 0.242 e. The Bertz CT molecular complexity index is 921. The maximum atomic E-state index is 12.1. The maximum Gasteiger partial charge on any atom is 0.242 e. The van der Waals surface area contributed by atoms with Crippen LogP contribution in [0, 0.1) is 0 Å². The predicted octanol–water partition coefficient (Wildman–Crippen LogP) is 2.67. The number of nitrogens with zero attached hydrogens (tertiary/aromatic N) is 2. The summed E-state index contributed by atoms with van der Waals surface area (Å²) >= 11 is 0. The summed E-state index contributed by atoms with van der Waals surface area (Å²) in [6.45, 7) is 1.88. The van der Waals surface area contributed by atoms with Gasteiger partial charge in [-0.25, -0.2) is 12.7 Å². The molecule has 0 saturated heterocycles. The number of hydrogen-bond acceptors (Lipinski definition) is 6. The van der Waals surface area contributed by atoms with Crippen molar-refractivity contribution >= 4 is 15.9 Å². The lowest BCUT2D eigenvalue weighted by molar-refractivity contribution is -0.00742. The van der Waals surface area contributed by atoms with E-state index in [0.717, 1.165) is 9.87 Å². The molecule has 0 spiro atoms. The number of hydrogen-bond donors (Lipinski definition) is 1. The zero-order chi connectivity index (χ0) is 18.9. The van der Waals surface area contributed by atoms with Gasteiger partial charge in [0.1, 0.15) is 11.5 Å². The molecule has 8 heteroatoms. The standard InChI is InChI=1S/C18H20N2O5S/c1-18(13-4-6-14(21)7-5-13)12-17(19-25-18)24-15-8-10-16(11-9-15)26(22,23)20(2)3/h4-11,21H,12H2,1-3H3/t18-/m0/s1. The number of oxime groups is 1. The number of benzene rings is 2. The Labute approximate surface area is 152 Å². The molecule has 2 aromatic carbocycles. The summed E-state index contributed by atoms with van der Waals surface area (Å²) in [6, 6.07) is 12.9. The van der Waals surface area contributed by atoms with Crippen LogP contribution in [0.15, 0.2) is 58.6 Å². The molecular formula is C18H20N2O5S.